The van der Waals surface area contributed by atoms with Gasteiger partial charge < -0.3 is 40.3 Å². The number of aliphatic hydroxyl groups is 5. The van der Waals surface area contributed by atoms with Crippen LogP contribution in [0, 0.1) is 0 Å². The molecule has 63 heavy (non-hydrogen) atoms. The van der Waals surface area contributed by atoms with Gasteiger partial charge in [0.1, 0.15) is 24.4 Å². The Morgan fingerprint density at radius 3 is 1.33 bits per heavy atom. The topological polar surface area (TPSA) is 149 Å². The number of nitrogens with one attached hydrogen (secondary N) is 1. The lowest BCUT2D eigenvalue weighted by molar-refractivity contribution is -0.302. The zero-order chi connectivity index (χ0) is 45.9. The smallest absolute Gasteiger partial charge is 0.220 e. The summed E-state index contributed by atoms with van der Waals surface area (Å²) in [6.45, 7) is 3.76. The van der Waals surface area contributed by atoms with E-state index in [9.17, 15) is 30.3 Å². The molecule has 1 aliphatic heterocycles. The summed E-state index contributed by atoms with van der Waals surface area (Å²) in [6, 6.07) is -0.828. The van der Waals surface area contributed by atoms with Gasteiger partial charge in [-0.15, -0.1) is 0 Å². The fraction of sp³-hybridized carbons (Fsp3) is 0.833. The number of carbonyl (C=O) groups is 1. The number of rotatable bonds is 44. The molecule has 1 saturated heterocycles. The Morgan fingerprint density at radius 2 is 0.905 bits per heavy atom. The SMILES string of the molecule is CCCCCCCCC/C=C/CC/C=C/CC/C=C/C(O)C(COC1OC(CO)C(O)C(O)C1O)NC(=O)CCCCCCCCCCCCC/C=C\CCCCCCCCCC. The van der Waals surface area contributed by atoms with Crippen molar-refractivity contribution in [1.29, 1.82) is 0 Å². The van der Waals surface area contributed by atoms with E-state index in [1.165, 1.54) is 161 Å². The van der Waals surface area contributed by atoms with Gasteiger partial charge in [-0.2, -0.15) is 0 Å². The molecule has 7 atom stereocenters. The Labute approximate surface area is 386 Å². The zero-order valence-corrected chi connectivity index (χ0v) is 40.6. The molecule has 9 heteroatoms. The molecule has 1 rings (SSSR count). The maximum absolute atomic E-state index is 13.0. The van der Waals surface area contributed by atoms with Gasteiger partial charge in [-0.1, -0.05) is 204 Å². The van der Waals surface area contributed by atoms with E-state index in [0.29, 0.717) is 6.42 Å². The third-order valence-corrected chi connectivity index (χ3v) is 12.4. The largest absolute Gasteiger partial charge is 0.394 e. The predicted molar refractivity (Wildman–Crippen MR) is 263 cm³/mol. The number of allylic oxidation sites excluding steroid dienone is 7. The van der Waals surface area contributed by atoms with Crippen LogP contribution in [0.5, 0.6) is 0 Å². The molecule has 0 aromatic rings. The highest BCUT2D eigenvalue weighted by Gasteiger charge is 2.44. The predicted octanol–water partition coefficient (Wildman–Crippen LogP) is 12.2. The molecular weight excluding hydrogens is 791 g/mol. The van der Waals surface area contributed by atoms with Gasteiger partial charge in [-0.05, 0) is 70.6 Å². The van der Waals surface area contributed by atoms with Crippen LogP contribution >= 0.6 is 0 Å². The number of hydrogen-bond acceptors (Lipinski definition) is 8. The average molecular weight is 890 g/mol. The first kappa shape index (κ1) is 59.2. The highest BCUT2D eigenvalue weighted by Crippen LogP contribution is 2.23. The van der Waals surface area contributed by atoms with Crippen LogP contribution in [0.3, 0.4) is 0 Å². The second kappa shape index (κ2) is 44.0. The van der Waals surface area contributed by atoms with E-state index < -0.39 is 49.5 Å². The minimum atomic E-state index is -1.57. The van der Waals surface area contributed by atoms with Crippen LogP contribution < -0.4 is 5.32 Å². The van der Waals surface area contributed by atoms with Crippen molar-refractivity contribution in [3.05, 3.63) is 48.6 Å². The summed E-state index contributed by atoms with van der Waals surface area (Å²) < 4.78 is 11.2. The first-order chi connectivity index (χ1) is 30.8. The van der Waals surface area contributed by atoms with Gasteiger partial charge >= 0.3 is 0 Å². The molecule has 1 aliphatic rings. The molecule has 0 bridgehead atoms. The van der Waals surface area contributed by atoms with Crippen LogP contribution in [-0.2, 0) is 14.3 Å². The molecule has 0 aliphatic carbocycles. The van der Waals surface area contributed by atoms with Crippen LogP contribution in [-0.4, -0.2) is 87.5 Å². The molecule has 1 amide bonds. The molecule has 0 aromatic carbocycles. The maximum atomic E-state index is 13.0. The Balaban J connectivity index is 2.30. The molecule has 0 saturated carbocycles. The molecule has 9 nitrogen and oxygen atoms in total. The quantitative estimate of drug-likeness (QED) is 0.0262. The summed E-state index contributed by atoms with van der Waals surface area (Å²) in [7, 11) is 0. The molecule has 6 N–H and O–H groups in total. The molecule has 0 aromatic heterocycles. The molecular formula is C54H99NO8. The van der Waals surface area contributed by atoms with E-state index in [1.807, 2.05) is 6.08 Å². The van der Waals surface area contributed by atoms with Crippen molar-refractivity contribution in [2.45, 2.75) is 275 Å². The second-order valence-electron chi connectivity index (χ2n) is 18.3. The number of carbonyl (C=O) groups excluding carboxylic acids is 1. The Hall–Kier alpha value is -1.85. The van der Waals surface area contributed by atoms with Gasteiger partial charge in [0.05, 0.1) is 25.4 Å². The number of aliphatic hydroxyl groups excluding tert-OH is 5. The van der Waals surface area contributed by atoms with E-state index in [4.69, 9.17) is 9.47 Å². The molecule has 368 valence electrons. The normalized spacial score (nSPS) is 20.5. The lowest BCUT2D eigenvalue weighted by Gasteiger charge is -2.40. The lowest BCUT2D eigenvalue weighted by atomic mass is 9.99. The van der Waals surface area contributed by atoms with Crippen molar-refractivity contribution in [1.82, 2.24) is 5.32 Å². The number of ether oxygens (including phenoxy) is 2. The fourth-order valence-corrected chi connectivity index (χ4v) is 8.12. The molecule has 0 spiro atoms. The zero-order valence-electron chi connectivity index (χ0n) is 40.6. The first-order valence-corrected chi connectivity index (χ1v) is 26.4. The van der Waals surface area contributed by atoms with Crippen LogP contribution in [0.15, 0.2) is 48.6 Å². The van der Waals surface area contributed by atoms with Gasteiger partial charge in [-0.25, -0.2) is 0 Å². The van der Waals surface area contributed by atoms with Crippen molar-refractivity contribution in [2.75, 3.05) is 13.2 Å². The van der Waals surface area contributed by atoms with Crippen molar-refractivity contribution >= 4 is 5.91 Å². The van der Waals surface area contributed by atoms with Gasteiger partial charge in [0.2, 0.25) is 5.91 Å². The highest BCUT2D eigenvalue weighted by molar-refractivity contribution is 5.76. The summed E-state index contributed by atoms with van der Waals surface area (Å²) >= 11 is 0. The second-order valence-corrected chi connectivity index (χ2v) is 18.3. The van der Waals surface area contributed by atoms with Gasteiger partial charge in [0, 0.05) is 6.42 Å². The first-order valence-electron chi connectivity index (χ1n) is 26.4. The molecule has 0 radical (unpaired) electrons. The maximum Gasteiger partial charge on any atom is 0.220 e. The third-order valence-electron chi connectivity index (χ3n) is 12.4. The number of unbranched alkanes of at least 4 members (excludes halogenated alkanes) is 28. The summed E-state index contributed by atoms with van der Waals surface area (Å²) in [4.78, 5) is 13.0. The summed E-state index contributed by atoms with van der Waals surface area (Å²) in [5.41, 5.74) is 0. The van der Waals surface area contributed by atoms with Crippen molar-refractivity contribution < 1.29 is 39.8 Å². The Kier molecular flexibility index (Phi) is 41.3. The van der Waals surface area contributed by atoms with Crippen molar-refractivity contribution in [3.8, 4) is 0 Å². The van der Waals surface area contributed by atoms with Crippen LogP contribution in [0.25, 0.3) is 0 Å². The Bertz CT molecular complexity index is 1130. The molecule has 7 unspecified atom stereocenters. The van der Waals surface area contributed by atoms with Crippen LogP contribution in [0.1, 0.15) is 232 Å². The minimum Gasteiger partial charge on any atom is -0.394 e. The highest BCUT2D eigenvalue weighted by atomic mass is 16.7. The van der Waals surface area contributed by atoms with Gasteiger partial charge in [0.15, 0.2) is 6.29 Å². The van der Waals surface area contributed by atoms with E-state index in [1.54, 1.807) is 6.08 Å². The standard InChI is InChI=1S/C54H99NO8/c1-3-5-7-9-11-13-15-17-19-21-22-23-24-25-26-28-30-32-34-36-38-40-42-44-50(58)55-47(46-62-54-53(61)52(60)51(59)49(45-56)63-54)48(57)43-41-39-37-35-33-31-29-27-20-18-16-14-12-10-8-6-4-2/h20-22,27,33,35,41,43,47-49,51-54,56-57,59-61H,3-19,23-26,28-32,34,36-40,42,44-46H2,1-2H3,(H,55,58)/b22-21-,27-20+,35-33+,43-41+. The van der Waals surface area contributed by atoms with Crippen molar-refractivity contribution in [2.24, 2.45) is 0 Å². The Morgan fingerprint density at radius 1 is 0.524 bits per heavy atom. The summed E-state index contributed by atoms with van der Waals surface area (Å²) in [6.07, 6.45) is 50.2. The fourth-order valence-electron chi connectivity index (χ4n) is 8.12. The van der Waals surface area contributed by atoms with E-state index >= 15 is 0 Å². The van der Waals surface area contributed by atoms with Gasteiger partial charge in [0.25, 0.3) is 0 Å². The molecule has 1 heterocycles. The van der Waals surface area contributed by atoms with E-state index in [-0.39, 0.29) is 12.5 Å². The lowest BCUT2D eigenvalue weighted by Crippen LogP contribution is -2.60. The number of amides is 1. The molecule has 1 fully saturated rings. The minimum absolute atomic E-state index is 0.191. The van der Waals surface area contributed by atoms with Crippen molar-refractivity contribution in [3.63, 3.8) is 0 Å². The van der Waals surface area contributed by atoms with Crippen LogP contribution in [0.4, 0.5) is 0 Å². The number of hydrogen-bond donors (Lipinski definition) is 6. The summed E-state index contributed by atoms with van der Waals surface area (Å²) in [5.74, 6) is -0.191. The van der Waals surface area contributed by atoms with E-state index in [0.717, 1.165) is 51.4 Å². The average Bonchev–Trinajstić information content (AvgIpc) is 3.28. The van der Waals surface area contributed by atoms with Crippen LogP contribution in [0.2, 0.25) is 0 Å². The van der Waals surface area contributed by atoms with Gasteiger partial charge in [-0.3, -0.25) is 4.79 Å². The monoisotopic (exact) mass is 890 g/mol. The third kappa shape index (κ3) is 34.2. The summed E-state index contributed by atoms with van der Waals surface area (Å²) in [5, 5.41) is 54.3. The van der Waals surface area contributed by atoms with E-state index in [2.05, 4.69) is 55.6 Å².